The molecule has 1 atom stereocenters. The fourth-order valence-electron chi connectivity index (χ4n) is 1.18. The number of alkyl halides is 3. The van der Waals surface area contributed by atoms with E-state index in [0.29, 0.717) is 0 Å². The van der Waals surface area contributed by atoms with E-state index in [-0.39, 0.29) is 13.0 Å². The molecule has 0 aromatic rings. The molecular formula is C7H10ClF2NO. The van der Waals surface area contributed by atoms with Crippen molar-refractivity contribution in [1.29, 1.82) is 0 Å². The number of carbonyl (C=O) groups excluding carboxylic acids is 1. The second-order valence-electron chi connectivity index (χ2n) is 2.98. The zero-order valence-electron chi connectivity index (χ0n) is 6.69. The molecule has 1 heterocycles. The van der Waals surface area contributed by atoms with Gasteiger partial charge in [0.05, 0.1) is 6.54 Å². The Morgan fingerprint density at radius 3 is 2.58 bits per heavy atom. The van der Waals surface area contributed by atoms with Crippen molar-refractivity contribution < 1.29 is 13.6 Å². The second kappa shape index (κ2) is 3.17. The first-order chi connectivity index (χ1) is 5.42. The summed E-state index contributed by atoms with van der Waals surface area (Å²) in [6, 6.07) is 0. The molecule has 1 saturated heterocycles. The van der Waals surface area contributed by atoms with Crippen molar-refractivity contribution >= 4 is 17.5 Å². The Morgan fingerprint density at radius 2 is 2.25 bits per heavy atom. The smallest absolute Gasteiger partial charge is 0.267 e. The Balaban J connectivity index is 2.53. The molecule has 0 aromatic carbocycles. The highest BCUT2D eigenvalue weighted by Gasteiger charge is 2.40. The minimum absolute atomic E-state index is 0.114. The summed E-state index contributed by atoms with van der Waals surface area (Å²) < 4.78 is 25.2. The van der Waals surface area contributed by atoms with Gasteiger partial charge in [0.1, 0.15) is 5.38 Å². The molecule has 1 aliphatic heterocycles. The van der Waals surface area contributed by atoms with Crippen molar-refractivity contribution in [3.63, 3.8) is 0 Å². The fourth-order valence-corrected chi connectivity index (χ4v) is 1.31. The summed E-state index contributed by atoms with van der Waals surface area (Å²) in [5.41, 5.74) is 0. The molecule has 0 N–H and O–H groups in total. The lowest BCUT2D eigenvalue weighted by atomic mass is 10.3. The van der Waals surface area contributed by atoms with Crippen LogP contribution in [0.2, 0.25) is 0 Å². The van der Waals surface area contributed by atoms with Crippen LogP contribution in [-0.2, 0) is 4.79 Å². The summed E-state index contributed by atoms with van der Waals surface area (Å²) in [6.07, 6.45) is -0.248. The largest absolute Gasteiger partial charge is 0.335 e. The topological polar surface area (TPSA) is 20.3 Å². The molecule has 1 rings (SSSR count). The van der Waals surface area contributed by atoms with E-state index in [1.54, 1.807) is 0 Å². The molecule has 70 valence electrons. The van der Waals surface area contributed by atoms with Crippen molar-refractivity contribution in [2.75, 3.05) is 13.1 Å². The molecule has 5 heteroatoms. The number of rotatable bonds is 1. The molecule has 0 spiro atoms. The summed E-state index contributed by atoms with van der Waals surface area (Å²) in [5, 5.41) is -0.709. The van der Waals surface area contributed by atoms with Gasteiger partial charge in [0.25, 0.3) is 5.92 Å². The van der Waals surface area contributed by atoms with E-state index >= 15 is 0 Å². The van der Waals surface area contributed by atoms with Crippen LogP contribution >= 0.6 is 11.6 Å². The number of likely N-dealkylation sites (tertiary alicyclic amines) is 1. The van der Waals surface area contributed by atoms with Crippen LogP contribution in [0, 0.1) is 0 Å². The van der Waals surface area contributed by atoms with E-state index in [4.69, 9.17) is 11.6 Å². The first-order valence-electron chi connectivity index (χ1n) is 3.73. The second-order valence-corrected chi connectivity index (χ2v) is 3.64. The van der Waals surface area contributed by atoms with Crippen molar-refractivity contribution in [1.82, 2.24) is 4.90 Å². The van der Waals surface area contributed by atoms with Crippen LogP contribution in [0.25, 0.3) is 0 Å². The minimum atomic E-state index is -2.72. The molecule has 0 unspecified atom stereocenters. The number of amides is 1. The van der Waals surface area contributed by atoms with E-state index in [1.807, 2.05) is 0 Å². The fraction of sp³-hybridized carbons (Fsp3) is 0.857. The Bertz CT molecular complexity index is 196. The van der Waals surface area contributed by atoms with Gasteiger partial charge in [-0.15, -0.1) is 11.6 Å². The van der Waals surface area contributed by atoms with Gasteiger partial charge in [0, 0.05) is 13.0 Å². The predicted octanol–water partition coefficient (Wildman–Crippen LogP) is 1.48. The zero-order valence-corrected chi connectivity index (χ0v) is 7.44. The van der Waals surface area contributed by atoms with Gasteiger partial charge in [-0.1, -0.05) is 0 Å². The molecule has 0 saturated carbocycles. The molecular weight excluding hydrogens is 188 g/mol. The van der Waals surface area contributed by atoms with Gasteiger partial charge in [-0.3, -0.25) is 4.79 Å². The average Bonchev–Trinajstić information content (AvgIpc) is 2.28. The Morgan fingerprint density at radius 1 is 1.67 bits per heavy atom. The number of carbonyl (C=O) groups is 1. The first kappa shape index (κ1) is 9.71. The lowest BCUT2D eigenvalue weighted by Gasteiger charge is -2.16. The molecule has 0 radical (unpaired) electrons. The van der Waals surface area contributed by atoms with Crippen molar-refractivity contribution in [3.8, 4) is 0 Å². The van der Waals surface area contributed by atoms with Gasteiger partial charge < -0.3 is 4.90 Å². The highest BCUT2D eigenvalue weighted by molar-refractivity contribution is 6.30. The molecule has 12 heavy (non-hydrogen) atoms. The van der Waals surface area contributed by atoms with Crippen LogP contribution in [0.4, 0.5) is 8.78 Å². The van der Waals surface area contributed by atoms with Gasteiger partial charge in [-0.05, 0) is 6.92 Å². The van der Waals surface area contributed by atoms with Crippen LogP contribution in [0.1, 0.15) is 13.3 Å². The van der Waals surface area contributed by atoms with Crippen LogP contribution in [0.5, 0.6) is 0 Å². The lowest BCUT2D eigenvalue weighted by Crippen LogP contribution is -2.35. The van der Waals surface area contributed by atoms with Gasteiger partial charge in [0.2, 0.25) is 5.91 Å². The predicted molar refractivity (Wildman–Crippen MR) is 41.5 cm³/mol. The number of halogens is 3. The van der Waals surface area contributed by atoms with E-state index in [1.165, 1.54) is 6.92 Å². The first-order valence-corrected chi connectivity index (χ1v) is 4.17. The molecule has 1 fully saturated rings. The highest BCUT2D eigenvalue weighted by Crippen LogP contribution is 2.27. The lowest BCUT2D eigenvalue weighted by molar-refractivity contribution is -0.130. The van der Waals surface area contributed by atoms with Gasteiger partial charge in [0.15, 0.2) is 0 Å². The summed E-state index contributed by atoms with van der Waals surface area (Å²) >= 11 is 5.47. The van der Waals surface area contributed by atoms with Gasteiger partial charge in [-0.25, -0.2) is 8.78 Å². The van der Waals surface area contributed by atoms with E-state index in [2.05, 4.69) is 0 Å². The average molecular weight is 198 g/mol. The van der Waals surface area contributed by atoms with Crippen LogP contribution in [0.15, 0.2) is 0 Å². The van der Waals surface area contributed by atoms with E-state index in [9.17, 15) is 13.6 Å². The standard InChI is InChI=1S/C7H10ClF2NO/c1-5(8)6(12)11-3-2-7(9,10)4-11/h5H,2-4H2,1H3/t5-/m1/s1. The van der Waals surface area contributed by atoms with E-state index < -0.39 is 23.8 Å². The minimum Gasteiger partial charge on any atom is -0.335 e. The third-order valence-electron chi connectivity index (χ3n) is 1.82. The maximum absolute atomic E-state index is 12.6. The van der Waals surface area contributed by atoms with Crippen LogP contribution in [-0.4, -0.2) is 35.2 Å². The Labute approximate surface area is 74.5 Å². The number of hydrogen-bond acceptors (Lipinski definition) is 1. The maximum Gasteiger partial charge on any atom is 0.267 e. The van der Waals surface area contributed by atoms with Gasteiger partial charge in [-0.2, -0.15) is 0 Å². The van der Waals surface area contributed by atoms with Crippen molar-refractivity contribution in [3.05, 3.63) is 0 Å². The van der Waals surface area contributed by atoms with Crippen LogP contribution < -0.4 is 0 Å². The normalized spacial score (nSPS) is 24.2. The quantitative estimate of drug-likeness (QED) is 0.583. The maximum atomic E-state index is 12.6. The van der Waals surface area contributed by atoms with E-state index in [0.717, 1.165) is 4.90 Å². The third-order valence-corrected chi connectivity index (χ3v) is 2.01. The number of hydrogen-bond donors (Lipinski definition) is 0. The Kier molecular flexibility index (Phi) is 2.56. The summed E-state index contributed by atoms with van der Waals surface area (Å²) in [4.78, 5) is 12.2. The highest BCUT2D eigenvalue weighted by atomic mass is 35.5. The van der Waals surface area contributed by atoms with Crippen molar-refractivity contribution in [2.24, 2.45) is 0 Å². The molecule has 0 bridgehead atoms. The monoisotopic (exact) mass is 197 g/mol. The van der Waals surface area contributed by atoms with Crippen LogP contribution in [0.3, 0.4) is 0 Å². The zero-order chi connectivity index (χ0) is 9.35. The number of nitrogens with zero attached hydrogens (tertiary/aromatic N) is 1. The Hall–Kier alpha value is -0.380. The molecule has 1 aliphatic rings. The molecule has 0 aromatic heterocycles. The SMILES string of the molecule is C[C@@H](Cl)C(=O)N1CCC(F)(F)C1. The molecule has 2 nitrogen and oxygen atoms in total. The summed E-state index contributed by atoms with van der Waals surface area (Å²) in [7, 11) is 0. The molecule has 1 amide bonds. The van der Waals surface area contributed by atoms with Gasteiger partial charge >= 0.3 is 0 Å². The van der Waals surface area contributed by atoms with Crippen molar-refractivity contribution in [2.45, 2.75) is 24.6 Å². The summed E-state index contributed by atoms with van der Waals surface area (Å²) in [5.74, 6) is -3.13. The third kappa shape index (κ3) is 2.06. The summed E-state index contributed by atoms with van der Waals surface area (Å²) in [6.45, 7) is 1.12. The molecule has 0 aliphatic carbocycles.